The van der Waals surface area contributed by atoms with Crippen molar-refractivity contribution in [2.45, 2.75) is 125 Å². The lowest BCUT2D eigenvalue weighted by Gasteiger charge is -2.32. The highest BCUT2D eigenvalue weighted by atomic mass is 32.2. The van der Waals surface area contributed by atoms with E-state index in [2.05, 4.69) is 88.4 Å². The molecule has 3 fully saturated rings. The van der Waals surface area contributed by atoms with Gasteiger partial charge < -0.3 is 0 Å². The first-order valence-corrected chi connectivity index (χ1v) is 34.0. The van der Waals surface area contributed by atoms with Crippen molar-refractivity contribution in [1.29, 1.82) is 0 Å². The first kappa shape index (κ1) is 62.9. The van der Waals surface area contributed by atoms with Crippen molar-refractivity contribution in [2.75, 3.05) is 39.3 Å². The summed E-state index contributed by atoms with van der Waals surface area (Å²) < 4.78 is 161. The van der Waals surface area contributed by atoms with Gasteiger partial charge in [-0.3, -0.25) is 0 Å². The average Bonchev–Trinajstić information content (AvgIpc) is 1.39. The summed E-state index contributed by atoms with van der Waals surface area (Å²) in [6, 6.07) is 34.8. The monoisotopic (exact) mass is 1240 g/mol. The number of fused-ring (bicyclic) bond motifs is 3. The molecule has 0 spiro atoms. The molecule has 6 aromatic rings. The Hall–Kier alpha value is -6.15. The van der Waals surface area contributed by atoms with E-state index in [1.807, 2.05) is 24.3 Å². The van der Waals surface area contributed by atoms with E-state index in [0.29, 0.717) is 62.7 Å². The minimum atomic E-state index is -4.71. The number of nitrogens with zero attached hydrogens (tertiary/aromatic N) is 3. The standard InChI is InChI=1S/C24H29NO2S.2C22H22F3NO2S/c1-3-5-19-8-10-21(11-9-19)28(26,27)25-16-14-20(15-17-25)23-13-12-22-18(2)6-4-7-24(22)23;1-15-4-2-7-21-19(15)8-9-20(21)16-10-12-26(13-11-16)29(27,28)18-6-3-5-17(14-18)22(23,24)25;1-15-5-4-6-19-17(15)9-10-18(19)16-11-13-26(14-12-16)29(27,28)21-8-3-2-7-20(21)22(23,24)25/h4,6-11,13,20H,3,5,12,14-17H2,1-2H3;2-7,9,14,16H,8,10-13H2,1H3;2-8,10,16H,9,11-14H2,1H3. The summed E-state index contributed by atoms with van der Waals surface area (Å²) in [5.41, 5.74) is 14.9. The summed E-state index contributed by atoms with van der Waals surface area (Å²) in [6.07, 6.45) is 6.71. The number of allylic oxidation sites excluding steroid dienone is 6. The molecule has 18 heteroatoms. The van der Waals surface area contributed by atoms with Crippen LogP contribution in [0.2, 0.25) is 0 Å². The fraction of sp³-hybridized carbons (Fsp3) is 0.382. The van der Waals surface area contributed by atoms with Gasteiger partial charge in [-0.1, -0.05) is 117 Å². The summed E-state index contributed by atoms with van der Waals surface area (Å²) >= 11 is 0. The second-order valence-corrected chi connectivity index (χ2v) is 29.1. The van der Waals surface area contributed by atoms with Gasteiger partial charge >= 0.3 is 12.4 Å². The topological polar surface area (TPSA) is 112 Å². The molecule has 0 bridgehead atoms. The number of benzene rings is 6. The number of alkyl halides is 6. The van der Waals surface area contributed by atoms with Gasteiger partial charge in [0.15, 0.2) is 0 Å². The van der Waals surface area contributed by atoms with E-state index >= 15 is 0 Å². The maximum Gasteiger partial charge on any atom is 0.417 e. The molecule has 0 aromatic heterocycles. The minimum Gasteiger partial charge on any atom is -0.207 e. The van der Waals surface area contributed by atoms with Crippen molar-refractivity contribution in [1.82, 2.24) is 12.9 Å². The van der Waals surface area contributed by atoms with Gasteiger partial charge in [0.1, 0.15) is 0 Å². The lowest BCUT2D eigenvalue weighted by molar-refractivity contribution is -0.140. The fourth-order valence-corrected chi connectivity index (χ4v) is 18.1. The Morgan fingerprint density at radius 3 is 1.21 bits per heavy atom. The van der Waals surface area contributed by atoms with Gasteiger partial charge in [-0.05, 0) is 218 Å². The van der Waals surface area contributed by atoms with Crippen LogP contribution in [0.15, 0.2) is 160 Å². The Labute approximate surface area is 503 Å². The third-order valence-electron chi connectivity index (χ3n) is 18.1. The smallest absolute Gasteiger partial charge is 0.207 e. The zero-order chi connectivity index (χ0) is 61.3. The minimum absolute atomic E-state index is 0.220. The molecule has 3 aliphatic heterocycles. The van der Waals surface area contributed by atoms with Gasteiger partial charge in [-0.15, -0.1) is 0 Å². The number of sulfonamides is 3. The molecule has 0 radical (unpaired) electrons. The van der Waals surface area contributed by atoms with E-state index in [-0.39, 0.29) is 29.8 Å². The van der Waals surface area contributed by atoms with Gasteiger partial charge in [0.2, 0.25) is 30.1 Å². The second-order valence-electron chi connectivity index (χ2n) is 23.3. The largest absolute Gasteiger partial charge is 0.417 e. The summed E-state index contributed by atoms with van der Waals surface area (Å²) in [6.45, 7) is 10.7. The van der Waals surface area contributed by atoms with Crippen molar-refractivity contribution < 1.29 is 51.6 Å². The third kappa shape index (κ3) is 13.2. The van der Waals surface area contributed by atoms with Crippen LogP contribution < -0.4 is 0 Å². The lowest BCUT2D eigenvalue weighted by atomic mass is 9.86. The molecule has 9 nitrogen and oxygen atoms in total. The molecule has 0 saturated carbocycles. The number of hydrogen-bond acceptors (Lipinski definition) is 6. The highest BCUT2D eigenvalue weighted by Gasteiger charge is 2.41. The SMILES string of the molecule is CCCc1ccc(S(=O)(=O)N2CCC(C3=CCc4c(C)cccc43)CC2)cc1.Cc1cccc2c1CC=C2C1CCN(S(=O)(=O)c2cccc(C(F)(F)F)c2)CC1.Cc1cccc2c1CC=C2C1CCN(S(=O)(=O)c2ccccc2C(F)(F)F)CC1. The van der Waals surface area contributed by atoms with Crippen LogP contribution in [0.3, 0.4) is 0 Å². The molecule has 0 atom stereocenters. The number of hydrogen-bond donors (Lipinski definition) is 0. The van der Waals surface area contributed by atoms with E-state index in [4.69, 9.17) is 0 Å². The van der Waals surface area contributed by atoms with Gasteiger partial charge in [0.05, 0.1) is 25.8 Å². The van der Waals surface area contributed by atoms with Crippen LogP contribution in [0.4, 0.5) is 26.3 Å². The highest BCUT2D eigenvalue weighted by molar-refractivity contribution is 7.89. The van der Waals surface area contributed by atoms with Crippen LogP contribution in [-0.4, -0.2) is 77.4 Å². The van der Waals surface area contributed by atoms with Crippen LogP contribution in [-0.2, 0) is 68.1 Å². The first-order valence-electron chi connectivity index (χ1n) is 29.7. The van der Waals surface area contributed by atoms with E-state index in [9.17, 15) is 51.6 Å². The van der Waals surface area contributed by atoms with Crippen molar-refractivity contribution in [3.05, 3.63) is 212 Å². The second kappa shape index (κ2) is 25.5. The van der Waals surface area contributed by atoms with E-state index in [1.165, 1.54) is 99.2 Å². The molecule has 3 saturated heterocycles. The molecule has 456 valence electrons. The maximum atomic E-state index is 13.3. The van der Waals surface area contributed by atoms with Crippen LogP contribution >= 0.6 is 0 Å². The van der Waals surface area contributed by atoms with Crippen LogP contribution in [0.25, 0.3) is 16.7 Å². The van der Waals surface area contributed by atoms with Crippen molar-refractivity contribution >= 4 is 46.8 Å². The predicted octanol–water partition coefficient (Wildman–Crippen LogP) is 15.1. The Balaban J connectivity index is 0.000000143. The molecule has 0 amide bonds. The Morgan fingerprint density at radius 1 is 0.430 bits per heavy atom. The molecule has 6 aromatic carbocycles. The average molecular weight is 1240 g/mol. The maximum absolute atomic E-state index is 13.3. The number of aryl methyl sites for hydroxylation is 4. The number of rotatable bonds is 11. The molecule has 3 heterocycles. The normalized spacial score (nSPS) is 18.4. The highest BCUT2D eigenvalue weighted by Crippen LogP contribution is 2.44. The first-order chi connectivity index (χ1) is 40.9. The number of piperidine rings is 3. The molecular weight excluding hydrogens is 1160 g/mol. The van der Waals surface area contributed by atoms with Gasteiger partial charge in [-0.2, -0.15) is 39.3 Å². The number of halogens is 6. The summed E-state index contributed by atoms with van der Waals surface area (Å²) in [7, 11) is -11.5. The lowest BCUT2D eigenvalue weighted by Crippen LogP contribution is -2.39. The Morgan fingerprint density at radius 2 is 0.814 bits per heavy atom. The van der Waals surface area contributed by atoms with Crippen LogP contribution in [0.5, 0.6) is 0 Å². The summed E-state index contributed by atoms with van der Waals surface area (Å²) in [4.78, 5) is -0.536. The van der Waals surface area contributed by atoms with Crippen molar-refractivity contribution in [3.63, 3.8) is 0 Å². The molecule has 3 aliphatic carbocycles. The molecule has 12 rings (SSSR count). The van der Waals surface area contributed by atoms with E-state index in [0.717, 1.165) is 75.3 Å². The molecule has 0 N–H and O–H groups in total. The Bertz CT molecular complexity index is 3930. The van der Waals surface area contributed by atoms with Crippen LogP contribution in [0.1, 0.15) is 119 Å². The predicted molar refractivity (Wildman–Crippen MR) is 326 cm³/mol. The van der Waals surface area contributed by atoms with Crippen LogP contribution in [0, 0.1) is 38.5 Å². The quantitative estimate of drug-likeness (QED) is 0.119. The Kier molecular flexibility index (Phi) is 18.7. The van der Waals surface area contributed by atoms with Gasteiger partial charge in [0.25, 0.3) is 0 Å². The third-order valence-corrected chi connectivity index (χ3v) is 23.9. The van der Waals surface area contributed by atoms with E-state index in [1.54, 1.807) is 16.4 Å². The molecule has 0 unspecified atom stereocenters. The molecular formula is C68H73F6N3O6S3. The van der Waals surface area contributed by atoms with Crippen molar-refractivity contribution in [3.8, 4) is 0 Å². The summed E-state index contributed by atoms with van der Waals surface area (Å²) in [5, 5.41) is 0. The molecule has 86 heavy (non-hydrogen) atoms. The van der Waals surface area contributed by atoms with E-state index < -0.39 is 58.4 Å². The summed E-state index contributed by atoms with van der Waals surface area (Å²) in [5.74, 6) is 0.954. The zero-order valence-electron chi connectivity index (χ0n) is 48.9. The zero-order valence-corrected chi connectivity index (χ0v) is 51.3. The fourth-order valence-electron chi connectivity index (χ4n) is 13.4. The van der Waals surface area contributed by atoms with Crippen molar-refractivity contribution in [2.24, 2.45) is 17.8 Å². The van der Waals surface area contributed by atoms with Gasteiger partial charge in [0, 0.05) is 39.3 Å². The molecule has 6 aliphatic rings. The van der Waals surface area contributed by atoms with Gasteiger partial charge in [-0.25, -0.2) is 25.3 Å².